The van der Waals surface area contributed by atoms with Crippen LogP contribution >= 0.6 is 0 Å². The van der Waals surface area contributed by atoms with Crippen molar-refractivity contribution in [2.75, 3.05) is 0 Å². The van der Waals surface area contributed by atoms with Crippen LogP contribution < -0.4 is 0 Å². The molecule has 0 saturated heterocycles. The zero-order chi connectivity index (χ0) is 11.6. The van der Waals surface area contributed by atoms with Crippen molar-refractivity contribution in [1.82, 2.24) is 0 Å². The van der Waals surface area contributed by atoms with Crippen LogP contribution in [0.15, 0.2) is 24.3 Å². The summed E-state index contributed by atoms with van der Waals surface area (Å²) in [7, 11) is 0. The molecule has 0 atom stereocenters. The van der Waals surface area contributed by atoms with E-state index in [0.29, 0.717) is 5.92 Å². The number of hydrogen-bond acceptors (Lipinski definition) is 1. The first-order valence-corrected chi connectivity index (χ1v) is 5.47. The first-order valence-electron chi connectivity index (χ1n) is 5.47. The molecule has 0 heterocycles. The number of ketones is 1. The molecule has 0 amide bonds. The molecular formula is C14H20O. The van der Waals surface area contributed by atoms with Crippen molar-refractivity contribution in [2.24, 2.45) is 5.41 Å². The maximum Gasteiger partial charge on any atom is 0.168 e. The summed E-state index contributed by atoms with van der Waals surface area (Å²) >= 11 is 0. The maximum atomic E-state index is 12.2. The van der Waals surface area contributed by atoms with E-state index < -0.39 is 0 Å². The van der Waals surface area contributed by atoms with Gasteiger partial charge in [0.15, 0.2) is 5.78 Å². The van der Waals surface area contributed by atoms with Gasteiger partial charge in [-0.25, -0.2) is 0 Å². The second-order valence-electron chi connectivity index (χ2n) is 5.32. The second-order valence-corrected chi connectivity index (χ2v) is 5.32. The van der Waals surface area contributed by atoms with Crippen LogP contribution in [0.2, 0.25) is 0 Å². The number of hydrogen-bond donors (Lipinski definition) is 0. The van der Waals surface area contributed by atoms with E-state index >= 15 is 0 Å². The van der Waals surface area contributed by atoms with Gasteiger partial charge in [-0.3, -0.25) is 4.79 Å². The van der Waals surface area contributed by atoms with Crippen LogP contribution in [0, 0.1) is 5.41 Å². The molecule has 0 unspecified atom stereocenters. The fourth-order valence-corrected chi connectivity index (χ4v) is 1.61. The van der Waals surface area contributed by atoms with E-state index in [1.807, 2.05) is 45.0 Å². The number of carbonyl (C=O) groups is 1. The fraction of sp³-hybridized carbons (Fsp3) is 0.500. The van der Waals surface area contributed by atoms with Crippen molar-refractivity contribution in [1.29, 1.82) is 0 Å². The number of rotatable bonds is 2. The SMILES string of the molecule is CC(C)c1ccccc1C(=O)C(C)(C)C. The molecule has 0 bridgehead atoms. The van der Waals surface area contributed by atoms with E-state index in [2.05, 4.69) is 13.8 Å². The monoisotopic (exact) mass is 204 g/mol. The molecule has 0 aliphatic carbocycles. The van der Waals surface area contributed by atoms with Gasteiger partial charge in [-0.2, -0.15) is 0 Å². The molecule has 1 rings (SSSR count). The summed E-state index contributed by atoms with van der Waals surface area (Å²) < 4.78 is 0. The number of benzene rings is 1. The Kier molecular flexibility index (Phi) is 3.33. The van der Waals surface area contributed by atoms with E-state index in [1.165, 1.54) is 0 Å². The molecule has 0 saturated carbocycles. The Morgan fingerprint density at radius 2 is 1.67 bits per heavy atom. The Bertz CT molecular complexity index is 356. The highest BCUT2D eigenvalue weighted by molar-refractivity contribution is 6.01. The first-order chi connectivity index (χ1) is 6.84. The molecule has 1 heteroatoms. The van der Waals surface area contributed by atoms with Gasteiger partial charge in [0.25, 0.3) is 0 Å². The predicted octanol–water partition coefficient (Wildman–Crippen LogP) is 4.04. The minimum absolute atomic E-state index is 0.229. The maximum absolute atomic E-state index is 12.2. The molecule has 0 aliphatic heterocycles. The van der Waals surface area contributed by atoms with Crippen molar-refractivity contribution in [3.63, 3.8) is 0 Å². The average molecular weight is 204 g/mol. The van der Waals surface area contributed by atoms with E-state index in [1.54, 1.807) is 0 Å². The molecule has 0 N–H and O–H groups in total. The van der Waals surface area contributed by atoms with Crippen LogP contribution in [0.25, 0.3) is 0 Å². The second kappa shape index (κ2) is 4.18. The third-order valence-electron chi connectivity index (χ3n) is 2.51. The highest BCUT2D eigenvalue weighted by Crippen LogP contribution is 2.26. The normalized spacial score (nSPS) is 11.9. The van der Waals surface area contributed by atoms with Gasteiger partial charge >= 0.3 is 0 Å². The van der Waals surface area contributed by atoms with Crippen LogP contribution in [0.5, 0.6) is 0 Å². The standard InChI is InChI=1S/C14H20O/c1-10(2)11-8-6-7-9-12(11)13(15)14(3,4)5/h6-10H,1-5H3. The summed E-state index contributed by atoms with van der Waals surface area (Å²) in [5, 5.41) is 0. The van der Waals surface area contributed by atoms with Gasteiger partial charge in [0, 0.05) is 11.0 Å². The van der Waals surface area contributed by atoms with Gasteiger partial charge in [0.1, 0.15) is 0 Å². The lowest BCUT2D eigenvalue weighted by Gasteiger charge is -2.20. The summed E-state index contributed by atoms with van der Waals surface area (Å²) in [5.41, 5.74) is 1.72. The van der Waals surface area contributed by atoms with Crippen molar-refractivity contribution in [3.8, 4) is 0 Å². The first kappa shape index (κ1) is 12.0. The molecule has 0 spiro atoms. The fourth-order valence-electron chi connectivity index (χ4n) is 1.61. The van der Waals surface area contributed by atoms with Gasteiger partial charge in [-0.15, -0.1) is 0 Å². The molecule has 15 heavy (non-hydrogen) atoms. The lowest BCUT2D eigenvalue weighted by molar-refractivity contribution is 0.0857. The van der Waals surface area contributed by atoms with Crippen LogP contribution in [-0.4, -0.2) is 5.78 Å². The van der Waals surface area contributed by atoms with Crippen LogP contribution in [0.3, 0.4) is 0 Å². The zero-order valence-electron chi connectivity index (χ0n) is 10.3. The summed E-state index contributed by atoms with van der Waals surface area (Å²) in [6, 6.07) is 7.91. The van der Waals surface area contributed by atoms with Crippen molar-refractivity contribution in [2.45, 2.75) is 40.5 Å². The van der Waals surface area contributed by atoms with Crippen molar-refractivity contribution >= 4 is 5.78 Å². The summed E-state index contributed by atoms with van der Waals surface area (Å²) in [5.74, 6) is 0.624. The summed E-state index contributed by atoms with van der Waals surface area (Å²) in [4.78, 5) is 12.2. The minimum Gasteiger partial charge on any atom is -0.294 e. The molecule has 0 aliphatic rings. The molecule has 82 valence electrons. The lowest BCUT2D eigenvalue weighted by atomic mass is 9.83. The summed E-state index contributed by atoms with van der Waals surface area (Å²) in [6.45, 7) is 10.1. The third-order valence-corrected chi connectivity index (χ3v) is 2.51. The van der Waals surface area contributed by atoms with E-state index in [9.17, 15) is 4.79 Å². The average Bonchev–Trinajstić information content (AvgIpc) is 2.15. The minimum atomic E-state index is -0.301. The van der Waals surface area contributed by atoms with Crippen LogP contribution in [0.4, 0.5) is 0 Å². The highest BCUT2D eigenvalue weighted by Gasteiger charge is 2.25. The van der Waals surface area contributed by atoms with E-state index in [4.69, 9.17) is 0 Å². The van der Waals surface area contributed by atoms with Gasteiger partial charge in [-0.1, -0.05) is 58.9 Å². The molecule has 1 nitrogen and oxygen atoms in total. The zero-order valence-corrected chi connectivity index (χ0v) is 10.3. The Balaban J connectivity index is 3.20. The molecule has 0 aromatic heterocycles. The quantitative estimate of drug-likeness (QED) is 0.664. The van der Waals surface area contributed by atoms with Crippen molar-refractivity contribution in [3.05, 3.63) is 35.4 Å². The highest BCUT2D eigenvalue weighted by atomic mass is 16.1. The number of carbonyl (C=O) groups excluding carboxylic acids is 1. The van der Waals surface area contributed by atoms with Crippen LogP contribution in [-0.2, 0) is 0 Å². The van der Waals surface area contributed by atoms with Gasteiger partial charge in [0.05, 0.1) is 0 Å². The van der Waals surface area contributed by atoms with Crippen molar-refractivity contribution < 1.29 is 4.79 Å². The Labute approximate surface area is 92.5 Å². The molecule has 1 aromatic carbocycles. The largest absolute Gasteiger partial charge is 0.294 e. The van der Waals surface area contributed by atoms with E-state index in [-0.39, 0.29) is 11.2 Å². The summed E-state index contributed by atoms with van der Waals surface area (Å²) in [6.07, 6.45) is 0. The topological polar surface area (TPSA) is 17.1 Å². The molecule has 0 fully saturated rings. The number of Topliss-reactive ketones (excluding diaryl/α,β-unsaturated/α-hetero) is 1. The Morgan fingerprint density at radius 3 is 2.13 bits per heavy atom. The predicted molar refractivity (Wildman–Crippen MR) is 64.3 cm³/mol. The van der Waals surface area contributed by atoms with E-state index in [0.717, 1.165) is 11.1 Å². The van der Waals surface area contributed by atoms with Gasteiger partial charge in [-0.05, 0) is 11.5 Å². The molecule has 1 aromatic rings. The van der Waals surface area contributed by atoms with Crippen LogP contribution in [0.1, 0.15) is 56.5 Å². The smallest absolute Gasteiger partial charge is 0.168 e. The Hall–Kier alpha value is -1.11. The lowest BCUT2D eigenvalue weighted by Crippen LogP contribution is -2.21. The Morgan fingerprint density at radius 1 is 1.13 bits per heavy atom. The molecule has 0 radical (unpaired) electrons. The van der Waals surface area contributed by atoms with Gasteiger partial charge < -0.3 is 0 Å². The third kappa shape index (κ3) is 2.68. The molecular weight excluding hydrogens is 184 g/mol. The van der Waals surface area contributed by atoms with Gasteiger partial charge in [0.2, 0.25) is 0 Å².